The quantitative estimate of drug-likeness (QED) is 0.458. The van der Waals surface area contributed by atoms with Crippen LogP contribution in [0.15, 0.2) is 71.8 Å². The summed E-state index contributed by atoms with van der Waals surface area (Å²) in [6.45, 7) is 13.0. The number of sulfonamides is 1. The number of nitrogens with one attached hydrogen (secondary N) is 1. The Labute approximate surface area is 211 Å². The fourth-order valence-corrected chi connectivity index (χ4v) is 5.44. The van der Waals surface area contributed by atoms with Crippen molar-refractivity contribution in [3.05, 3.63) is 72.4 Å². The molecule has 1 saturated heterocycles. The van der Waals surface area contributed by atoms with Crippen molar-refractivity contribution in [2.45, 2.75) is 44.6 Å². The summed E-state index contributed by atoms with van der Waals surface area (Å²) in [5, 5.41) is 4.42. The molecule has 36 heavy (non-hydrogen) atoms. The molecule has 2 aromatic heterocycles. The van der Waals surface area contributed by atoms with E-state index in [0.717, 1.165) is 12.0 Å². The molecule has 0 spiro atoms. The summed E-state index contributed by atoms with van der Waals surface area (Å²) in [4.78, 5) is 20.2. The molecule has 3 aromatic rings. The standard InChI is InChI=1S/C26H31N5O4S/c1-18(2)17-35-23-13-14-31(28-23)22-12-11-21(24(27-22)30-16-19(3)15-26(30,4)5)25(32)29-36(33,34)20-9-7-6-8-10-20/h6-14,19H,1,15-17H2,2-5H3,(H,29,32)/t19-/m0/s1. The molecule has 0 unspecified atom stereocenters. The molecule has 190 valence electrons. The number of amides is 1. The van der Waals surface area contributed by atoms with E-state index in [4.69, 9.17) is 9.72 Å². The lowest BCUT2D eigenvalue weighted by atomic mass is 9.97. The van der Waals surface area contributed by atoms with Crippen molar-refractivity contribution >= 4 is 21.7 Å². The molecule has 9 nitrogen and oxygen atoms in total. The Morgan fingerprint density at radius 2 is 1.92 bits per heavy atom. The first-order valence-corrected chi connectivity index (χ1v) is 13.2. The van der Waals surface area contributed by atoms with Gasteiger partial charge in [-0.05, 0) is 62.9 Å². The van der Waals surface area contributed by atoms with Gasteiger partial charge in [0.05, 0.1) is 10.5 Å². The number of aromatic nitrogens is 3. The SMILES string of the molecule is C=C(C)COc1ccn(-c2ccc(C(=O)NS(=O)(=O)c3ccccc3)c(N3C[C@@H](C)CC3(C)C)n2)n1. The fraction of sp³-hybridized carbons (Fsp3) is 0.346. The van der Waals surface area contributed by atoms with Crippen LogP contribution in [0.4, 0.5) is 5.82 Å². The number of pyridine rings is 1. The molecule has 0 saturated carbocycles. The zero-order valence-electron chi connectivity index (χ0n) is 20.9. The van der Waals surface area contributed by atoms with Crippen molar-refractivity contribution in [2.24, 2.45) is 5.92 Å². The molecule has 1 amide bonds. The molecule has 1 aromatic carbocycles. The van der Waals surface area contributed by atoms with Gasteiger partial charge in [0.25, 0.3) is 15.9 Å². The molecule has 0 radical (unpaired) electrons. The molecule has 1 aliphatic rings. The topological polar surface area (TPSA) is 106 Å². The van der Waals surface area contributed by atoms with Crippen molar-refractivity contribution in [3.8, 4) is 11.7 Å². The predicted octanol–water partition coefficient (Wildman–Crippen LogP) is 3.97. The second kappa shape index (κ2) is 9.77. The van der Waals surface area contributed by atoms with Crippen LogP contribution >= 0.6 is 0 Å². The van der Waals surface area contributed by atoms with Gasteiger partial charge in [-0.3, -0.25) is 4.79 Å². The van der Waals surface area contributed by atoms with E-state index in [-0.39, 0.29) is 16.0 Å². The Hall–Kier alpha value is -3.66. The summed E-state index contributed by atoms with van der Waals surface area (Å²) in [5.74, 6) is 0.943. The largest absolute Gasteiger partial charge is 0.472 e. The predicted molar refractivity (Wildman–Crippen MR) is 138 cm³/mol. The molecular weight excluding hydrogens is 478 g/mol. The summed E-state index contributed by atoms with van der Waals surface area (Å²) < 4.78 is 35.0. The lowest BCUT2D eigenvalue weighted by Gasteiger charge is -2.34. The average molecular weight is 510 g/mol. The van der Waals surface area contributed by atoms with E-state index in [9.17, 15) is 13.2 Å². The Balaban J connectivity index is 1.71. The van der Waals surface area contributed by atoms with Gasteiger partial charge in [-0.25, -0.2) is 22.8 Å². The Kier molecular flexibility index (Phi) is 6.90. The van der Waals surface area contributed by atoms with Crippen LogP contribution in [0.1, 0.15) is 44.5 Å². The number of benzene rings is 1. The van der Waals surface area contributed by atoms with Crippen molar-refractivity contribution in [2.75, 3.05) is 18.1 Å². The number of hydrogen-bond acceptors (Lipinski definition) is 7. The van der Waals surface area contributed by atoms with Crippen LogP contribution in [0.2, 0.25) is 0 Å². The number of carbonyl (C=O) groups is 1. The first-order chi connectivity index (χ1) is 17.0. The Morgan fingerprint density at radius 1 is 1.19 bits per heavy atom. The van der Waals surface area contributed by atoms with Gasteiger partial charge in [-0.15, -0.1) is 5.10 Å². The summed E-state index contributed by atoms with van der Waals surface area (Å²) in [7, 11) is -4.05. The minimum atomic E-state index is -4.05. The van der Waals surface area contributed by atoms with Gasteiger partial charge < -0.3 is 9.64 Å². The number of hydrogen-bond donors (Lipinski definition) is 1. The van der Waals surface area contributed by atoms with Crippen LogP contribution in [-0.4, -0.2) is 47.8 Å². The molecule has 1 atom stereocenters. The second-order valence-electron chi connectivity index (χ2n) is 9.86. The van der Waals surface area contributed by atoms with Crippen LogP contribution in [0, 0.1) is 5.92 Å². The van der Waals surface area contributed by atoms with E-state index < -0.39 is 15.9 Å². The number of nitrogens with zero attached hydrogens (tertiary/aromatic N) is 4. The third kappa shape index (κ3) is 5.43. The monoisotopic (exact) mass is 509 g/mol. The Morgan fingerprint density at radius 3 is 2.56 bits per heavy atom. The minimum Gasteiger partial charge on any atom is -0.472 e. The van der Waals surface area contributed by atoms with Crippen molar-refractivity contribution in [1.82, 2.24) is 19.5 Å². The van der Waals surface area contributed by atoms with E-state index in [1.54, 1.807) is 47.3 Å². The van der Waals surface area contributed by atoms with Gasteiger partial charge in [-0.1, -0.05) is 31.7 Å². The molecule has 1 N–H and O–H groups in total. The van der Waals surface area contributed by atoms with E-state index in [1.165, 1.54) is 12.1 Å². The highest BCUT2D eigenvalue weighted by Crippen LogP contribution is 2.37. The van der Waals surface area contributed by atoms with Gasteiger partial charge >= 0.3 is 0 Å². The molecule has 0 bridgehead atoms. The minimum absolute atomic E-state index is 0.0124. The molecule has 1 aliphatic heterocycles. The van der Waals surface area contributed by atoms with Crippen LogP contribution in [-0.2, 0) is 10.0 Å². The highest BCUT2D eigenvalue weighted by molar-refractivity contribution is 7.90. The average Bonchev–Trinajstić information content (AvgIpc) is 3.40. The summed E-state index contributed by atoms with van der Waals surface area (Å²) in [5.41, 5.74) is 0.764. The number of ether oxygens (including phenoxy) is 1. The smallest absolute Gasteiger partial charge is 0.268 e. The number of anilines is 1. The molecule has 3 heterocycles. The van der Waals surface area contributed by atoms with Gasteiger partial charge in [0, 0.05) is 24.3 Å². The summed E-state index contributed by atoms with van der Waals surface area (Å²) >= 11 is 0. The second-order valence-corrected chi connectivity index (χ2v) is 11.5. The normalized spacial score (nSPS) is 17.1. The van der Waals surface area contributed by atoms with Crippen molar-refractivity contribution in [1.29, 1.82) is 0 Å². The van der Waals surface area contributed by atoms with E-state index in [0.29, 0.717) is 36.6 Å². The first kappa shape index (κ1) is 25.4. The van der Waals surface area contributed by atoms with Crippen LogP contribution in [0.3, 0.4) is 0 Å². The first-order valence-electron chi connectivity index (χ1n) is 11.7. The third-order valence-corrected chi connectivity index (χ3v) is 7.33. The molecule has 1 fully saturated rings. The fourth-order valence-electron chi connectivity index (χ4n) is 4.45. The molecule has 4 rings (SSSR count). The maximum Gasteiger partial charge on any atom is 0.268 e. The zero-order valence-corrected chi connectivity index (χ0v) is 21.7. The maximum atomic E-state index is 13.3. The van der Waals surface area contributed by atoms with Crippen LogP contribution < -0.4 is 14.4 Å². The van der Waals surface area contributed by atoms with Crippen molar-refractivity contribution in [3.63, 3.8) is 0 Å². The van der Waals surface area contributed by atoms with Gasteiger partial charge in [-0.2, -0.15) is 0 Å². The van der Waals surface area contributed by atoms with Crippen LogP contribution in [0.5, 0.6) is 5.88 Å². The third-order valence-electron chi connectivity index (χ3n) is 5.98. The summed E-state index contributed by atoms with van der Waals surface area (Å²) in [6, 6.07) is 12.7. The number of carbonyl (C=O) groups excluding carboxylic acids is 1. The van der Waals surface area contributed by atoms with E-state index in [2.05, 4.69) is 42.1 Å². The Bertz CT molecular complexity index is 1380. The lowest BCUT2D eigenvalue weighted by Crippen LogP contribution is -2.41. The summed E-state index contributed by atoms with van der Waals surface area (Å²) in [6.07, 6.45) is 2.63. The lowest BCUT2D eigenvalue weighted by molar-refractivity contribution is 0.0981. The van der Waals surface area contributed by atoms with Crippen LogP contribution in [0.25, 0.3) is 5.82 Å². The number of rotatable bonds is 8. The highest BCUT2D eigenvalue weighted by Gasteiger charge is 2.39. The molecule has 10 heteroatoms. The van der Waals surface area contributed by atoms with Gasteiger partial charge in [0.1, 0.15) is 12.4 Å². The maximum absolute atomic E-state index is 13.3. The van der Waals surface area contributed by atoms with Crippen molar-refractivity contribution < 1.29 is 17.9 Å². The molecule has 0 aliphatic carbocycles. The highest BCUT2D eigenvalue weighted by atomic mass is 32.2. The molecular formula is C26H31N5O4S. The van der Waals surface area contributed by atoms with E-state index >= 15 is 0 Å². The van der Waals surface area contributed by atoms with Gasteiger partial charge in [0.15, 0.2) is 5.82 Å². The van der Waals surface area contributed by atoms with E-state index in [1.807, 2.05) is 6.92 Å². The van der Waals surface area contributed by atoms with Gasteiger partial charge in [0.2, 0.25) is 5.88 Å². The zero-order chi connectivity index (χ0) is 26.1.